The highest BCUT2D eigenvalue weighted by atomic mass is 32.2. The molecule has 0 amide bonds. The van der Waals surface area contributed by atoms with Crippen LogP contribution in [0.2, 0.25) is 0 Å². The SMILES string of the molecule is CCSc1ccc(-c2ccc(N)cc2)cc1N. The Morgan fingerprint density at radius 1 is 0.941 bits per heavy atom. The van der Waals surface area contributed by atoms with Gasteiger partial charge in [0.2, 0.25) is 0 Å². The minimum absolute atomic E-state index is 0.778. The average Bonchev–Trinajstić information content (AvgIpc) is 2.33. The van der Waals surface area contributed by atoms with Crippen LogP contribution in [0.3, 0.4) is 0 Å². The van der Waals surface area contributed by atoms with Crippen molar-refractivity contribution in [3.8, 4) is 11.1 Å². The summed E-state index contributed by atoms with van der Waals surface area (Å²) in [6, 6.07) is 14.0. The third-order valence-electron chi connectivity index (χ3n) is 2.55. The fourth-order valence-electron chi connectivity index (χ4n) is 1.69. The molecule has 0 aliphatic rings. The molecule has 2 nitrogen and oxygen atoms in total. The van der Waals surface area contributed by atoms with E-state index in [1.165, 1.54) is 0 Å². The van der Waals surface area contributed by atoms with Crippen molar-refractivity contribution in [3.63, 3.8) is 0 Å². The summed E-state index contributed by atoms with van der Waals surface area (Å²) < 4.78 is 0. The molecule has 4 N–H and O–H groups in total. The minimum atomic E-state index is 0.778. The van der Waals surface area contributed by atoms with Gasteiger partial charge in [-0.2, -0.15) is 0 Å². The van der Waals surface area contributed by atoms with Gasteiger partial charge in [-0.3, -0.25) is 0 Å². The van der Waals surface area contributed by atoms with Gasteiger partial charge in [-0.05, 0) is 41.1 Å². The topological polar surface area (TPSA) is 52.0 Å². The molecule has 2 aromatic carbocycles. The van der Waals surface area contributed by atoms with Gasteiger partial charge in [0.05, 0.1) is 0 Å². The molecule has 88 valence electrons. The molecular weight excluding hydrogens is 228 g/mol. The molecule has 0 aromatic heterocycles. The largest absolute Gasteiger partial charge is 0.399 e. The Kier molecular flexibility index (Phi) is 3.59. The predicted molar refractivity (Wildman–Crippen MR) is 77.1 cm³/mol. The van der Waals surface area contributed by atoms with E-state index in [1.54, 1.807) is 11.8 Å². The summed E-state index contributed by atoms with van der Waals surface area (Å²) in [7, 11) is 0. The molecule has 0 saturated heterocycles. The van der Waals surface area contributed by atoms with Crippen molar-refractivity contribution in [2.45, 2.75) is 11.8 Å². The molecule has 2 rings (SSSR count). The summed E-state index contributed by atoms with van der Waals surface area (Å²) >= 11 is 1.76. The lowest BCUT2D eigenvalue weighted by atomic mass is 10.0. The van der Waals surface area contributed by atoms with Crippen LogP contribution in [-0.2, 0) is 0 Å². The Hall–Kier alpha value is -1.61. The lowest BCUT2D eigenvalue weighted by molar-refractivity contribution is 1.43. The molecule has 0 unspecified atom stereocenters. The maximum absolute atomic E-state index is 6.03. The van der Waals surface area contributed by atoms with Gasteiger partial charge in [-0.25, -0.2) is 0 Å². The van der Waals surface area contributed by atoms with Crippen molar-refractivity contribution in [1.29, 1.82) is 0 Å². The zero-order chi connectivity index (χ0) is 12.3. The van der Waals surface area contributed by atoms with Crippen LogP contribution in [-0.4, -0.2) is 5.75 Å². The highest BCUT2D eigenvalue weighted by Gasteiger charge is 2.02. The summed E-state index contributed by atoms with van der Waals surface area (Å²) in [4.78, 5) is 1.15. The number of hydrogen-bond acceptors (Lipinski definition) is 3. The smallest absolute Gasteiger partial charge is 0.0458 e. The molecular formula is C14H16N2S. The zero-order valence-electron chi connectivity index (χ0n) is 9.81. The number of benzene rings is 2. The zero-order valence-corrected chi connectivity index (χ0v) is 10.6. The minimum Gasteiger partial charge on any atom is -0.399 e. The van der Waals surface area contributed by atoms with Crippen LogP contribution < -0.4 is 11.5 Å². The van der Waals surface area contributed by atoms with E-state index >= 15 is 0 Å². The fourth-order valence-corrected chi connectivity index (χ4v) is 2.39. The highest BCUT2D eigenvalue weighted by molar-refractivity contribution is 7.99. The van der Waals surface area contributed by atoms with Gasteiger partial charge < -0.3 is 11.5 Å². The standard InChI is InChI=1S/C14H16N2S/c1-2-17-14-8-5-11(9-13(14)16)10-3-6-12(15)7-4-10/h3-9H,2,15-16H2,1H3. The Labute approximate surface area is 106 Å². The van der Waals surface area contributed by atoms with Crippen molar-refractivity contribution in [2.24, 2.45) is 0 Å². The maximum Gasteiger partial charge on any atom is 0.0458 e. The lowest BCUT2D eigenvalue weighted by Crippen LogP contribution is -1.90. The summed E-state index contributed by atoms with van der Waals surface area (Å²) in [6.07, 6.45) is 0. The van der Waals surface area contributed by atoms with E-state index in [4.69, 9.17) is 11.5 Å². The first-order valence-corrected chi connectivity index (χ1v) is 6.57. The molecule has 3 heteroatoms. The second-order valence-electron chi connectivity index (χ2n) is 3.81. The molecule has 2 aromatic rings. The first-order valence-electron chi connectivity index (χ1n) is 5.59. The quantitative estimate of drug-likeness (QED) is 0.640. The van der Waals surface area contributed by atoms with Crippen molar-refractivity contribution < 1.29 is 0 Å². The highest BCUT2D eigenvalue weighted by Crippen LogP contribution is 2.30. The third kappa shape index (κ3) is 2.74. The molecule has 0 radical (unpaired) electrons. The third-order valence-corrected chi connectivity index (χ3v) is 3.53. The van der Waals surface area contributed by atoms with Crippen LogP contribution >= 0.6 is 11.8 Å². The Balaban J connectivity index is 2.34. The molecule has 0 fully saturated rings. The van der Waals surface area contributed by atoms with Crippen molar-refractivity contribution in [1.82, 2.24) is 0 Å². The summed E-state index contributed by atoms with van der Waals surface area (Å²) in [5, 5.41) is 0. The van der Waals surface area contributed by atoms with Gasteiger partial charge in [0, 0.05) is 16.3 Å². The van der Waals surface area contributed by atoms with Gasteiger partial charge in [0.25, 0.3) is 0 Å². The summed E-state index contributed by atoms with van der Waals surface area (Å²) in [6.45, 7) is 2.12. The average molecular weight is 244 g/mol. The monoisotopic (exact) mass is 244 g/mol. The first kappa shape index (κ1) is 11.9. The predicted octanol–water partition coefficient (Wildman–Crippen LogP) is 3.63. The molecule has 0 heterocycles. The van der Waals surface area contributed by atoms with E-state index in [-0.39, 0.29) is 0 Å². The molecule has 0 bridgehead atoms. The fraction of sp³-hybridized carbons (Fsp3) is 0.143. The van der Waals surface area contributed by atoms with E-state index in [0.717, 1.165) is 33.2 Å². The Morgan fingerprint density at radius 2 is 1.59 bits per heavy atom. The lowest BCUT2D eigenvalue weighted by Gasteiger charge is -2.07. The number of hydrogen-bond donors (Lipinski definition) is 2. The van der Waals surface area contributed by atoms with Crippen molar-refractivity contribution in [3.05, 3.63) is 42.5 Å². The first-order chi connectivity index (χ1) is 8.20. The number of thioether (sulfide) groups is 1. The van der Waals surface area contributed by atoms with Gasteiger partial charge in [-0.1, -0.05) is 25.1 Å². The van der Waals surface area contributed by atoms with Gasteiger partial charge in [-0.15, -0.1) is 11.8 Å². The van der Waals surface area contributed by atoms with Gasteiger partial charge in [0.15, 0.2) is 0 Å². The number of nitrogens with two attached hydrogens (primary N) is 2. The molecule has 0 atom stereocenters. The van der Waals surface area contributed by atoms with Crippen LogP contribution in [0, 0.1) is 0 Å². The van der Waals surface area contributed by atoms with Crippen LogP contribution in [0.1, 0.15) is 6.92 Å². The van der Waals surface area contributed by atoms with Gasteiger partial charge in [0.1, 0.15) is 0 Å². The number of anilines is 2. The van der Waals surface area contributed by atoms with E-state index < -0.39 is 0 Å². The van der Waals surface area contributed by atoms with E-state index in [1.807, 2.05) is 30.3 Å². The molecule has 0 aliphatic heterocycles. The van der Waals surface area contributed by atoms with Crippen LogP contribution in [0.4, 0.5) is 11.4 Å². The maximum atomic E-state index is 6.03. The summed E-state index contributed by atoms with van der Waals surface area (Å²) in [5.41, 5.74) is 15.6. The number of rotatable bonds is 3. The van der Waals surface area contributed by atoms with E-state index in [2.05, 4.69) is 19.1 Å². The second kappa shape index (κ2) is 5.15. The van der Waals surface area contributed by atoms with Crippen molar-refractivity contribution in [2.75, 3.05) is 17.2 Å². The molecule has 0 aliphatic carbocycles. The number of nitrogen functional groups attached to an aromatic ring is 2. The Morgan fingerprint density at radius 3 is 2.18 bits per heavy atom. The van der Waals surface area contributed by atoms with Crippen LogP contribution in [0.5, 0.6) is 0 Å². The van der Waals surface area contributed by atoms with E-state index in [0.29, 0.717) is 0 Å². The van der Waals surface area contributed by atoms with Crippen LogP contribution in [0.25, 0.3) is 11.1 Å². The molecule has 0 spiro atoms. The van der Waals surface area contributed by atoms with Gasteiger partial charge >= 0.3 is 0 Å². The Bertz CT molecular complexity index is 506. The summed E-state index contributed by atoms with van der Waals surface area (Å²) in [5.74, 6) is 1.03. The molecule has 17 heavy (non-hydrogen) atoms. The van der Waals surface area contributed by atoms with Crippen LogP contribution in [0.15, 0.2) is 47.4 Å². The van der Waals surface area contributed by atoms with E-state index in [9.17, 15) is 0 Å². The normalized spacial score (nSPS) is 10.4. The molecule has 0 saturated carbocycles. The van der Waals surface area contributed by atoms with Crippen molar-refractivity contribution >= 4 is 23.1 Å². The second-order valence-corrected chi connectivity index (χ2v) is 5.11.